The van der Waals surface area contributed by atoms with E-state index in [0.717, 1.165) is 0 Å². The van der Waals surface area contributed by atoms with Gasteiger partial charge in [0.05, 0.1) is 18.9 Å². The summed E-state index contributed by atoms with van der Waals surface area (Å²) >= 11 is 3.34. The van der Waals surface area contributed by atoms with Gasteiger partial charge in [-0.25, -0.2) is 10.2 Å². The highest BCUT2D eigenvalue weighted by Gasteiger charge is 2.39. The van der Waals surface area contributed by atoms with E-state index >= 15 is 0 Å². The van der Waals surface area contributed by atoms with E-state index < -0.39 is 17.5 Å². The molecular formula is C29H23BrN2O5. The van der Waals surface area contributed by atoms with Crippen molar-refractivity contribution in [2.24, 2.45) is 5.10 Å². The van der Waals surface area contributed by atoms with Crippen LogP contribution < -0.4 is 14.9 Å². The SMILES string of the molecule is COc1cc(C=NNC(=O)C(O)(c2ccccc2)c2ccccc2)ccc1OC(=O)c1ccccc1Br. The number of benzene rings is 4. The summed E-state index contributed by atoms with van der Waals surface area (Å²) in [6.07, 6.45) is 1.40. The lowest BCUT2D eigenvalue weighted by atomic mass is 9.85. The van der Waals surface area contributed by atoms with Crippen molar-refractivity contribution in [1.29, 1.82) is 0 Å². The van der Waals surface area contributed by atoms with Crippen molar-refractivity contribution in [3.63, 3.8) is 0 Å². The molecule has 4 aromatic rings. The molecule has 4 aromatic carbocycles. The minimum atomic E-state index is -1.94. The molecule has 1 amide bonds. The van der Waals surface area contributed by atoms with Crippen molar-refractivity contribution in [2.45, 2.75) is 5.60 Å². The molecule has 2 N–H and O–H groups in total. The summed E-state index contributed by atoms with van der Waals surface area (Å²) in [5.41, 5.74) is 2.25. The van der Waals surface area contributed by atoms with E-state index in [1.54, 1.807) is 103 Å². The van der Waals surface area contributed by atoms with Gasteiger partial charge >= 0.3 is 5.97 Å². The second-order valence-electron chi connectivity index (χ2n) is 7.92. The lowest BCUT2D eigenvalue weighted by Gasteiger charge is -2.27. The Morgan fingerprint density at radius 3 is 2.05 bits per heavy atom. The summed E-state index contributed by atoms with van der Waals surface area (Å²) in [5.74, 6) is -0.722. The summed E-state index contributed by atoms with van der Waals surface area (Å²) in [4.78, 5) is 25.7. The molecule has 0 atom stereocenters. The van der Waals surface area contributed by atoms with Crippen molar-refractivity contribution >= 4 is 34.0 Å². The van der Waals surface area contributed by atoms with Crippen LogP contribution in [0.15, 0.2) is 113 Å². The number of ether oxygens (including phenoxy) is 2. The number of esters is 1. The molecule has 7 nitrogen and oxygen atoms in total. The van der Waals surface area contributed by atoms with Crippen LogP contribution in [-0.2, 0) is 10.4 Å². The van der Waals surface area contributed by atoms with Crippen molar-refractivity contribution in [2.75, 3.05) is 7.11 Å². The fourth-order valence-electron chi connectivity index (χ4n) is 3.66. The van der Waals surface area contributed by atoms with E-state index in [-0.39, 0.29) is 5.75 Å². The van der Waals surface area contributed by atoms with Gasteiger partial charge in [0.1, 0.15) is 0 Å². The maximum absolute atomic E-state index is 13.2. The molecule has 4 rings (SSSR count). The summed E-state index contributed by atoms with van der Waals surface area (Å²) < 4.78 is 11.5. The monoisotopic (exact) mass is 558 g/mol. The number of amides is 1. The summed E-state index contributed by atoms with van der Waals surface area (Å²) in [6, 6.07) is 29.1. The first kappa shape index (κ1) is 25.8. The molecule has 0 unspecified atom stereocenters. The maximum Gasteiger partial charge on any atom is 0.344 e. The van der Waals surface area contributed by atoms with Crippen LogP contribution in [0.2, 0.25) is 0 Å². The van der Waals surface area contributed by atoms with Crippen LogP contribution in [0.3, 0.4) is 0 Å². The van der Waals surface area contributed by atoms with Crippen molar-refractivity contribution in [1.82, 2.24) is 5.43 Å². The van der Waals surface area contributed by atoms with Gasteiger partial charge in [0.25, 0.3) is 5.91 Å². The van der Waals surface area contributed by atoms with Gasteiger partial charge in [-0.3, -0.25) is 4.79 Å². The van der Waals surface area contributed by atoms with E-state index in [1.165, 1.54) is 13.3 Å². The number of hydrogen-bond acceptors (Lipinski definition) is 6. The predicted octanol–water partition coefficient (Wildman–Crippen LogP) is 5.06. The normalized spacial score (nSPS) is 11.2. The van der Waals surface area contributed by atoms with E-state index in [9.17, 15) is 14.7 Å². The third-order valence-corrected chi connectivity index (χ3v) is 6.27. The molecule has 0 fully saturated rings. The van der Waals surface area contributed by atoms with Crippen LogP contribution in [0.25, 0.3) is 0 Å². The summed E-state index contributed by atoms with van der Waals surface area (Å²) in [7, 11) is 1.45. The number of hydrazone groups is 1. The average molecular weight is 559 g/mol. The van der Waals surface area contributed by atoms with E-state index in [1.807, 2.05) is 0 Å². The Labute approximate surface area is 222 Å². The first-order valence-corrected chi connectivity index (χ1v) is 12.0. The summed E-state index contributed by atoms with van der Waals surface area (Å²) in [6.45, 7) is 0. The van der Waals surface area contributed by atoms with Crippen LogP contribution in [0.1, 0.15) is 27.0 Å². The largest absolute Gasteiger partial charge is 0.493 e. The predicted molar refractivity (Wildman–Crippen MR) is 144 cm³/mol. The van der Waals surface area contributed by atoms with Gasteiger partial charge in [-0.2, -0.15) is 5.10 Å². The number of hydrogen-bond donors (Lipinski definition) is 2. The Hall–Kier alpha value is -4.27. The third-order valence-electron chi connectivity index (χ3n) is 5.58. The number of nitrogens with one attached hydrogen (secondary N) is 1. The van der Waals surface area contributed by atoms with Gasteiger partial charge in [-0.1, -0.05) is 72.8 Å². The topological polar surface area (TPSA) is 97.2 Å². The zero-order valence-corrected chi connectivity index (χ0v) is 21.4. The molecule has 8 heteroatoms. The smallest absolute Gasteiger partial charge is 0.344 e. The van der Waals surface area contributed by atoms with E-state index in [4.69, 9.17) is 9.47 Å². The zero-order chi connectivity index (χ0) is 26.3. The Morgan fingerprint density at radius 2 is 1.46 bits per heavy atom. The summed E-state index contributed by atoms with van der Waals surface area (Å²) in [5, 5.41) is 15.5. The van der Waals surface area contributed by atoms with Crippen molar-refractivity contribution in [3.8, 4) is 11.5 Å². The molecule has 0 bridgehead atoms. The number of rotatable bonds is 8. The lowest BCUT2D eigenvalue weighted by Crippen LogP contribution is -2.43. The van der Waals surface area contributed by atoms with Gasteiger partial charge < -0.3 is 14.6 Å². The Morgan fingerprint density at radius 1 is 0.865 bits per heavy atom. The van der Waals surface area contributed by atoms with Gasteiger partial charge in [-0.15, -0.1) is 0 Å². The lowest BCUT2D eigenvalue weighted by molar-refractivity contribution is -0.136. The number of aliphatic hydroxyl groups is 1. The molecule has 0 saturated carbocycles. The molecule has 0 aliphatic heterocycles. The standard InChI is InChI=1S/C29H23BrN2O5/c1-36-26-18-20(16-17-25(26)37-27(33)23-14-8-9-15-24(23)30)19-31-32-28(34)29(35,21-10-4-2-5-11-21)22-12-6-3-7-13-22/h2-19,35H,1H3,(H,32,34). The number of nitrogens with zero attached hydrogens (tertiary/aromatic N) is 1. The number of carbonyl (C=O) groups excluding carboxylic acids is 2. The van der Waals surface area contributed by atoms with Crippen LogP contribution in [0.5, 0.6) is 11.5 Å². The molecule has 186 valence electrons. The number of methoxy groups -OCH3 is 1. The molecule has 37 heavy (non-hydrogen) atoms. The van der Waals surface area contributed by atoms with E-state index in [2.05, 4.69) is 26.5 Å². The Bertz CT molecular complexity index is 1390. The minimum Gasteiger partial charge on any atom is -0.493 e. The highest BCUT2D eigenvalue weighted by Crippen LogP contribution is 2.31. The molecule has 0 heterocycles. The quantitative estimate of drug-likeness (QED) is 0.136. The first-order chi connectivity index (χ1) is 17.9. The molecule has 0 aliphatic rings. The number of halogens is 1. The second-order valence-corrected chi connectivity index (χ2v) is 8.78. The first-order valence-electron chi connectivity index (χ1n) is 11.2. The van der Waals surface area contributed by atoms with Crippen LogP contribution in [0, 0.1) is 0 Å². The molecule has 0 aliphatic carbocycles. The van der Waals surface area contributed by atoms with Crippen LogP contribution in [-0.4, -0.2) is 30.3 Å². The minimum absolute atomic E-state index is 0.229. The molecule has 0 spiro atoms. The molecule has 0 saturated heterocycles. The Balaban J connectivity index is 1.51. The fraction of sp³-hybridized carbons (Fsp3) is 0.0690. The van der Waals surface area contributed by atoms with Gasteiger partial charge in [0, 0.05) is 4.47 Å². The average Bonchev–Trinajstić information content (AvgIpc) is 2.94. The highest BCUT2D eigenvalue weighted by atomic mass is 79.9. The fourth-order valence-corrected chi connectivity index (χ4v) is 4.11. The molecular weight excluding hydrogens is 536 g/mol. The van der Waals surface area contributed by atoms with Gasteiger partial charge in [-0.05, 0) is 63.0 Å². The molecule has 0 aromatic heterocycles. The molecule has 0 radical (unpaired) electrons. The highest BCUT2D eigenvalue weighted by molar-refractivity contribution is 9.10. The van der Waals surface area contributed by atoms with Crippen LogP contribution in [0.4, 0.5) is 0 Å². The van der Waals surface area contributed by atoms with E-state index in [0.29, 0.717) is 32.5 Å². The second kappa shape index (κ2) is 11.6. The van der Waals surface area contributed by atoms with Crippen LogP contribution >= 0.6 is 15.9 Å². The van der Waals surface area contributed by atoms with Gasteiger partial charge in [0.15, 0.2) is 17.1 Å². The van der Waals surface area contributed by atoms with Gasteiger partial charge in [0.2, 0.25) is 0 Å². The van der Waals surface area contributed by atoms with Crippen molar-refractivity contribution < 1.29 is 24.2 Å². The number of carbonyl (C=O) groups is 2. The van der Waals surface area contributed by atoms with Crippen molar-refractivity contribution in [3.05, 3.63) is 130 Å². The third kappa shape index (κ3) is 5.77. The maximum atomic E-state index is 13.2. The zero-order valence-electron chi connectivity index (χ0n) is 19.8. The Kier molecular flexibility index (Phi) is 8.12.